The number of rotatable bonds is 5. The molecular formula is C19H29NO. The molecule has 1 spiro atoms. The van der Waals surface area contributed by atoms with E-state index in [2.05, 4.69) is 42.6 Å². The monoisotopic (exact) mass is 287 g/mol. The average molecular weight is 287 g/mol. The minimum Gasteiger partial charge on any atom is -0.370 e. The zero-order valence-electron chi connectivity index (χ0n) is 13.3. The van der Waals surface area contributed by atoms with Gasteiger partial charge in [0, 0.05) is 13.1 Å². The Morgan fingerprint density at radius 3 is 2.67 bits per heavy atom. The molecular weight excluding hydrogens is 258 g/mol. The van der Waals surface area contributed by atoms with E-state index in [4.69, 9.17) is 4.74 Å². The maximum Gasteiger partial charge on any atom is 0.0708 e. The van der Waals surface area contributed by atoms with Gasteiger partial charge in [-0.1, -0.05) is 56.5 Å². The first-order valence-electron chi connectivity index (χ1n) is 8.71. The third kappa shape index (κ3) is 3.87. The van der Waals surface area contributed by atoms with Crippen LogP contribution in [0, 0.1) is 0 Å². The predicted molar refractivity (Wildman–Crippen MR) is 87.6 cm³/mol. The molecule has 1 aromatic rings. The quantitative estimate of drug-likeness (QED) is 0.873. The molecule has 0 aromatic heterocycles. The maximum atomic E-state index is 6.41. The third-order valence-electron chi connectivity index (χ3n) is 5.29. The lowest BCUT2D eigenvalue weighted by molar-refractivity contribution is -0.0623. The molecule has 1 aromatic carbocycles. The van der Waals surface area contributed by atoms with Crippen LogP contribution in [0.15, 0.2) is 30.3 Å². The van der Waals surface area contributed by atoms with Crippen LogP contribution in [-0.2, 0) is 4.74 Å². The summed E-state index contributed by atoms with van der Waals surface area (Å²) in [7, 11) is 0. The van der Waals surface area contributed by atoms with E-state index >= 15 is 0 Å². The van der Waals surface area contributed by atoms with Crippen LogP contribution in [-0.4, -0.2) is 24.8 Å². The Kier molecular flexibility index (Phi) is 4.97. The van der Waals surface area contributed by atoms with Crippen molar-refractivity contribution in [3.63, 3.8) is 0 Å². The molecule has 2 unspecified atom stereocenters. The standard InChI is InChI=1S/C19H29NO/c1-16(17-8-4-2-5-9-17)14-20-15-18-10-13-19(21-18)11-6-3-7-12-19/h2,4-5,8-9,16,18,20H,3,6-7,10-15H2,1H3. The second kappa shape index (κ2) is 6.93. The van der Waals surface area contributed by atoms with Crippen molar-refractivity contribution in [3.8, 4) is 0 Å². The van der Waals surface area contributed by atoms with Crippen LogP contribution in [0.4, 0.5) is 0 Å². The summed E-state index contributed by atoms with van der Waals surface area (Å²) in [4.78, 5) is 0. The van der Waals surface area contributed by atoms with Crippen molar-refractivity contribution in [3.05, 3.63) is 35.9 Å². The van der Waals surface area contributed by atoms with Crippen molar-refractivity contribution in [2.45, 2.75) is 69.5 Å². The molecule has 1 saturated carbocycles. The molecule has 1 heterocycles. The highest BCUT2D eigenvalue weighted by atomic mass is 16.5. The van der Waals surface area contributed by atoms with Gasteiger partial charge in [0.2, 0.25) is 0 Å². The van der Waals surface area contributed by atoms with Gasteiger partial charge >= 0.3 is 0 Å². The van der Waals surface area contributed by atoms with Crippen LogP contribution >= 0.6 is 0 Å². The minimum atomic E-state index is 0.260. The molecule has 1 aliphatic heterocycles. The summed E-state index contributed by atoms with van der Waals surface area (Å²) in [5.74, 6) is 0.566. The largest absolute Gasteiger partial charge is 0.370 e. The highest BCUT2D eigenvalue weighted by Gasteiger charge is 2.40. The number of benzene rings is 1. The van der Waals surface area contributed by atoms with E-state index in [1.807, 2.05) is 0 Å². The first-order valence-corrected chi connectivity index (χ1v) is 8.71. The Labute approximate surface area is 129 Å². The molecule has 2 heteroatoms. The van der Waals surface area contributed by atoms with E-state index < -0.39 is 0 Å². The molecule has 1 saturated heterocycles. The molecule has 1 N–H and O–H groups in total. The fourth-order valence-corrected chi connectivity index (χ4v) is 3.96. The van der Waals surface area contributed by atoms with E-state index in [0.717, 1.165) is 13.1 Å². The van der Waals surface area contributed by atoms with Gasteiger partial charge in [-0.3, -0.25) is 0 Å². The van der Waals surface area contributed by atoms with Crippen LogP contribution in [0.5, 0.6) is 0 Å². The Morgan fingerprint density at radius 2 is 1.90 bits per heavy atom. The number of nitrogens with one attached hydrogen (secondary N) is 1. The second-order valence-electron chi connectivity index (χ2n) is 6.99. The number of ether oxygens (including phenoxy) is 1. The lowest BCUT2D eigenvalue weighted by Gasteiger charge is -2.33. The first-order chi connectivity index (χ1) is 10.3. The molecule has 3 rings (SSSR count). The zero-order chi connectivity index (χ0) is 14.5. The summed E-state index contributed by atoms with van der Waals surface area (Å²) >= 11 is 0. The van der Waals surface area contributed by atoms with Gasteiger partial charge in [-0.2, -0.15) is 0 Å². The van der Waals surface area contributed by atoms with Crippen molar-refractivity contribution in [2.24, 2.45) is 0 Å². The maximum absolute atomic E-state index is 6.41. The van der Waals surface area contributed by atoms with Crippen LogP contribution in [0.25, 0.3) is 0 Å². The minimum absolute atomic E-state index is 0.260. The topological polar surface area (TPSA) is 21.3 Å². The fraction of sp³-hybridized carbons (Fsp3) is 0.684. The summed E-state index contributed by atoms with van der Waals surface area (Å²) in [5.41, 5.74) is 1.68. The molecule has 2 fully saturated rings. The average Bonchev–Trinajstić information content (AvgIpc) is 2.91. The Morgan fingerprint density at radius 1 is 1.14 bits per heavy atom. The van der Waals surface area contributed by atoms with Crippen LogP contribution in [0.2, 0.25) is 0 Å². The molecule has 0 amide bonds. The third-order valence-corrected chi connectivity index (χ3v) is 5.29. The molecule has 2 aliphatic rings. The number of hydrogen-bond donors (Lipinski definition) is 1. The van der Waals surface area contributed by atoms with E-state index in [9.17, 15) is 0 Å². The summed E-state index contributed by atoms with van der Waals surface area (Å²) < 4.78 is 6.41. The van der Waals surface area contributed by atoms with E-state index in [1.165, 1.54) is 50.5 Å². The Balaban J connectivity index is 1.40. The summed E-state index contributed by atoms with van der Waals surface area (Å²) in [5, 5.41) is 3.62. The van der Waals surface area contributed by atoms with Gasteiger partial charge in [0.1, 0.15) is 0 Å². The molecule has 116 valence electrons. The molecule has 21 heavy (non-hydrogen) atoms. The van der Waals surface area contributed by atoms with Gasteiger partial charge in [-0.25, -0.2) is 0 Å². The van der Waals surface area contributed by atoms with E-state index in [-0.39, 0.29) is 5.60 Å². The van der Waals surface area contributed by atoms with Crippen molar-refractivity contribution in [1.82, 2.24) is 5.32 Å². The lowest BCUT2D eigenvalue weighted by Crippen LogP contribution is -2.35. The lowest BCUT2D eigenvalue weighted by atomic mass is 9.83. The van der Waals surface area contributed by atoms with Crippen molar-refractivity contribution in [2.75, 3.05) is 13.1 Å². The number of hydrogen-bond acceptors (Lipinski definition) is 2. The summed E-state index contributed by atoms with van der Waals surface area (Å²) in [6.45, 7) is 4.34. The van der Waals surface area contributed by atoms with Crippen LogP contribution < -0.4 is 5.32 Å². The Hall–Kier alpha value is -0.860. The fourth-order valence-electron chi connectivity index (χ4n) is 3.96. The van der Waals surface area contributed by atoms with Crippen molar-refractivity contribution >= 4 is 0 Å². The van der Waals surface area contributed by atoms with Crippen LogP contribution in [0.3, 0.4) is 0 Å². The normalized spacial score (nSPS) is 26.0. The van der Waals surface area contributed by atoms with Gasteiger partial charge in [-0.15, -0.1) is 0 Å². The molecule has 0 bridgehead atoms. The van der Waals surface area contributed by atoms with Crippen molar-refractivity contribution < 1.29 is 4.74 Å². The van der Waals surface area contributed by atoms with Crippen LogP contribution in [0.1, 0.15) is 63.4 Å². The van der Waals surface area contributed by atoms with Gasteiger partial charge in [-0.05, 0) is 37.2 Å². The molecule has 2 atom stereocenters. The van der Waals surface area contributed by atoms with Crippen molar-refractivity contribution in [1.29, 1.82) is 0 Å². The molecule has 2 nitrogen and oxygen atoms in total. The smallest absolute Gasteiger partial charge is 0.0708 e. The van der Waals surface area contributed by atoms with Gasteiger partial charge < -0.3 is 10.1 Å². The highest BCUT2D eigenvalue weighted by Crippen LogP contribution is 2.41. The zero-order valence-corrected chi connectivity index (χ0v) is 13.3. The first kappa shape index (κ1) is 15.1. The molecule has 1 aliphatic carbocycles. The second-order valence-corrected chi connectivity index (χ2v) is 6.99. The SMILES string of the molecule is CC(CNCC1CCC2(CCCCC2)O1)c1ccccc1. The van der Waals surface area contributed by atoms with Gasteiger partial charge in [0.25, 0.3) is 0 Å². The Bertz CT molecular complexity index is 424. The highest BCUT2D eigenvalue weighted by molar-refractivity contribution is 5.18. The summed E-state index contributed by atoms with van der Waals surface area (Å²) in [6, 6.07) is 10.8. The predicted octanol–water partition coefficient (Wildman–Crippen LogP) is 4.26. The van der Waals surface area contributed by atoms with Gasteiger partial charge in [0.05, 0.1) is 11.7 Å². The summed E-state index contributed by atoms with van der Waals surface area (Å²) in [6.07, 6.45) is 9.69. The van der Waals surface area contributed by atoms with Gasteiger partial charge in [0.15, 0.2) is 0 Å². The molecule has 0 radical (unpaired) electrons. The van der Waals surface area contributed by atoms with E-state index in [1.54, 1.807) is 0 Å². The van der Waals surface area contributed by atoms with E-state index in [0.29, 0.717) is 12.0 Å².